The fourth-order valence-electron chi connectivity index (χ4n) is 3.28. The summed E-state index contributed by atoms with van der Waals surface area (Å²) in [6.45, 7) is 3.89. The average molecular weight is 418 g/mol. The lowest BCUT2D eigenvalue weighted by atomic mass is 10.1. The summed E-state index contributed by atoms with van der Waals surface area (Å²) in [6, 6.07) is 9.06. The number of halogens is 2. The van der Waals surface area contributed by atoms with Crippen LogP contribution in [0.4, 0.5) is 4.39 Å². The van der Waals surface area contributed by atoms with E-state index in [0.717, 1.165) is 12.8 Å². The topological polar surface area (TPSA) is 68.5 Å². The molecule has 0 fully saturated rings. The van der Waals surface area contributed by atoms with Crippen LogP contribution in [0.15, 0.2) is 36.4 Å². The van der Waals surface area contributed by atoms with E-state index in [2.05, 4.69) is 0 Å². The largest absolute Gasteiger partial charge is 0.505 e. The van der Waals surface area contributed by atoms with Crippen molar-refractivity contribution in [2.75, 3.05) is 6.61 Å². The second-order valence-corrected chi connectivity index (χ2v) is 7.19. The summed E-state index contributed by atoms with van der Waals surface area (Å²) in [5.74, 6) is -2.35. The SMILES string of the molecule is CCCCOC(=O)Cc1c(C)n(C(=O)c2cccc(Cl)c2)c2ccc(O)c(F)c12. The summed E-state index contributed by atoms with van der Waals surface area (Å²) in [6.07, 6.45) is 1.40. The van der Waals surface area contributed by atoms with Crippen molar-refractivity contribution >= 4 is 34.4 Å². The number of aromatic nitrogens is 1. The molecule has 0 aliphatic rings. The molecule has 0 radical (unpaired) electrons. The van der Waals surface area contributed by atoms with Crippen molar-refractivity contribution in [2.24, 2.45) is 0 Å². The average Bonchev–Trinajstić information content (AvgIpc) is 2.96. The molecule has 0 saturated carbocycles. The summed E-state index contributed by atoms with van der Waals surface area (Å²) in [5.41, 5.74) is 1.30. The number of fused-ring (bicyclic) bond motifs is 1. The van der Waals surface area contributed by atoms with Gasteiger partial charge in [0.1, 0.15) is 0 Å². The predicted octanol–water partition coefficient (Wildman–Crippen LogP) is 5.02. The van der Waals surface area contributed by atoms with Crippen LogP contribution in [0.3, 0.4) is 0 Å². The molecule has 2 aromatic carbocycles. The Balaban J connectivity index is 2.12. The highest BCUT2D eigenvalue weighted by Crippen LogP contribution is 2.34. The highest BCUT2D eigenvalue weighted by Gasteiger charge is 2.25. The molecule has 0 spiro atoms. The van der Waals surface area contributed by atoms with E-state index in [1.54, 1.807) is 25.1 Å². The van der Waals surface area contributed by atoms with E-state index in [1.807, 2.05) is 6.92 Å². The van der Waals surface area contributed by atoms with Crippen LogP contribution in [0.25, 0.3) is 10.9 Å². The molecular formula is C22H21ClFNO4. The van der Waals surface area contributed by atoms with Gasteiger partial charge in [-0.1, -0.05) is 31.0 Å². The Hall–Kier alpha value is -2.86. The zero-order chi connectivity index (χ0) is 21.1. The van der Waals surface area contributed by atoms with E-state index in [1.165, 1.54) is 22.8 Å². The highest BCUT2D eigenvalue weighted by atomic mass is 35.5. The van der Waals surface area contributed by atoms with Gasteiger partial charge in [0.25, 0.3) is 5.91 Å². The van der Waals surface area contributed by atoms with Crippen LogP contribution in [-0.2, 0) is 16.0 Å². The highest BCUT2D eigenvalue weighted by molar-refractivity contribution is 6.31. The molecule has 5 nitrogen and oxygen atoms in total. The van der Waals surface area contributed by atoms with Gasteiger partial charge >= 0.3 is 5.97 Å². The molecular weight excluding hydrogens is 397 g/mol. The molecule has 152 valence electrons. The third kappa shape index (κ3) is 4.12. The van der Waals surface area contributed by atoms with Gasteiger partial charge in [-0.15, -0.1) is 0 Å². The van der Waals surface area contributed by atoms with Gasteiger partial charge < -0.3 is 9.84 Å². The first-order chi connectivity index (χ1) is 13.8. The van der Waals surface area contributed by atoms with Crippen LogP contribution >= 0.6 is 11.6 Å². The zero-order valence-corrected chi connectivity index (χ0v) is 16.9. The lowest BCUT2D eigenvalue weighted by Crippen LogP contribution is -2.14. The van der Waals surface area contributed by atoms with Crippen molar-refractivity contribution in [1.29, 1.82) is 0 Å². The Morgan fingerprint density at radius 2 is 2.00 bits per heavy atom. The van der Waals surface area contributed by atoms with Crippen LogP contribution < -0.4 is 0 Å². The first-order valence-electron chi connectivity index (χ1n) is 9.32. The summed E-state index contributed by atoms with van der Waals surface area (Å²) in [4.78, 5) is 25.4. The Bertz CT molecular complexity index is 1090. The molecule has 3 rings (SSSR count). The minimum atomic E-state index is -0.875. The normalized spacial score (nSPS) is 11.0. The molecule has 0 saturated heterocycles. The molecule has 3 aromatic rings. The third-order valence-electron chi connectivity index (χ3n) is 4.77. The Morgan fingerprint density at radius 1 is 1.24 bits per heavy atom. The summed E-state index contributed by atoms with van der Waals surface area (Å²) >= 11 is 6.00. The molecule has 1 aromatic heterocycles. The number of phenols is 1. The molecule has 1 N–H and O–H groups in total. The van der Waals surface area contributed by atoms with E-state index < -0.39 is 23.4 Å². The molecule has 0 aliphatic carbocycles. The van der Waals surface area contributed by atoms with Crippen LogP contribution in [0.5, 0.6) is 5.75 Å². The number of phenolic OH excluding ortho intramolecular Hbond substituents is 1. The van der Waals surface area contributed by atoms with Gasteiger partial charge in [-0.25, -0.2) is 4.39 Å². The van der Waals surface area contributed by atoms with E-state index in [0.29, 0.717) is 21.8 Å². The van der Waals surface area contributed by atoms with Crippen LogP contribution in [0.2, 0.25) is 5.02 Å². The Kier molecular flexibility index (Phi) is 6.23. The number of esters is 1. The van der Waals surface area contributed by atoms with E-state index in [9.17, 15) is 19.1 Å². The fourth-order valence-corrected chi connectivity index (χ4v) is 3.47. The third-order valence-corrected chi connectivity index (χ3v) is 5.01. The lowest BCUT2D eigenvalue weighted by Gasteiger charge is -2.08. The summed E-state index contributed by atoms with van der Waals surface area (Å²) in [7, 11) is 0. The molecule has 0 bridgehead atoms. The van der Waals surface area contributed by atoms with Gasteiger partial charge in [0, 0.05) is 21.7 Å². The van der Waals surface area contributed by atoms with Crippen LogP contribution in [0.1, 0.15) is 41.4 Å². The minimum absolute atomic E-state index is 0.0327. The van der Waals surface area contributed by atoms with Crippen LogP contribution in [-0.4, -0.2) is 28.2 Å². The number of ether oxygens (including phenoxy) is 1. The molecule has 0 amide bonds. The number of nitrogens with zero attached hydrogens (tertiary/aromatic N) is 1. The molecule has 0 aliphatic heterocycles. The van der Waals surface area contributed by atoms with Gasteiger partial charge in [-0.05, 0) is 49.2 Å². The van der Waals surface area contributed by atoms with Crippen molar-refractivity contribution in [3.63, 3.8) is 0 Å². The molecule has 1 heterocycles. The van der Waals surface area contributed by atoms with Crippen molar-refractivity contribution < 1.29 is 23.8 Å². The zero-order valence-electron chi connectivity index (χ0n) is 16.2. The number of carbonyl (C=O) groups excluding carboxylic acids is 2. The molecule has 7 heteroatoms. The predicted molar refractivity (Wildman–Crippen MR) is 109 cm³/mol. The monoisotopic (exact) mass is 417 g/mol. The number of hydrogen-bond acceptors (Lipinski definition) is 4. The summed E-state index contributed by atoms with van der Waals surface area (Å²) in [5, 5.41) is 10.3. The van der Waals surface area contributed by atoms with Crippen LogP contribution in [0, 0.1) is 12.7 Å². The van der Waals surface area contributed by atoms with Gasteiger partial charge in [0.05, 0.1) is 18.5 Å². The Morgan fingerprint density at radius 3 is 2.69 bits per heavy atom. The minimum Gasteiger partial charge on any atom is -0.505 e. The first kappa shape index (κ1) is 20.9. The maximum absolute atomic E-state index is 14.8. The number of aromatic hydroxyl groups is 1. The van der Waals surface area contributed by atoms with Gasteiger partial charge in [0.2, 0.25) is 0 Å². The fraction of sp³-hybridized carbons (Fsp3) is 0.273. The van der Waals surface area contributed by atoms with Gasteiger partial charge in [-0.3, -0.25) is 14.2 Å². The quantitative estimate of drug-likeness (QED) is 0.451. The Labute approximate surface area is 172 Å². The number of rotatable bonds is 6. The molecule has 0 unspecified atom stereocenters. The van der Waals surface area contributed by atoms with Crippen molar-refractivity contribution in [3.05, 3.63) is 64.1 Å². The first-order valence-corrected chi connectivity index (χ1v) is 9.70. The smallest absolute Gasteiger partial charge is 0.310 e. The van der Waals surface area contributed by atoms with E-state index in [-0.39, 0.29) is 23.9 Å². The number of unbranched alkanes of at least 4 members (excludes halogenated alkanes) is 1. The molecule has 0 atom stereocenters. The second kappa shape index (κ2) is 8.66. The molecule has 29 heavy (non-hydrogen) atoms. The van der Waals surface area contributed by atoms with Crippen molar-refractivity contribution in [3.8, 4) is 5.75 Å². The van der Waals surface area contributed by atoms with Crippen molar-refractivity contribution in [2.45, 2.75) is 33.1 Å². The van der Waals surface area contributed by atoms with Crippen molar-refractivity contribution in [1.82, 2.24) is 4.57 Å². The lowest BCUT2D eigenvalue weighted by molar-refractivity contribution is -0.142. The van der Waals surface area contributed by atoms with Gasteiger partial charge in [-0.2, -0.15) is 0 Å². The second-order valence-electron chi connectivity index (χ2n) is 6.76. The number of hydrogen-bond donors (Lipinski definition) is 1. The standard InChI is InChI=1S/C22H21ClFNO4/c1-3-4-10-29-19(27)12-16-13(2)25(17-8-9-18(26)21(24)20(16)17)22(28)14-6-5-7-15(23)11-14/h5-9,11,26H,3-4,10,12H2,1-2H3. The maximum atomic E-state index is 14.8. The number of carbonyl (C=O) groups is 2. The van der Waals surface area contributed by atoms with Gasteiger partial charge in [0.15, 0.2) is 11.6 Å². The summed E-state index contributed by atoms with van der Waals surface area (Å²) < 4.78 is 21.3. The number of benzene rings is 2. The maximum Gasteiger partial charge on any atom is 0.310 e. The van der Waals surface area contributed by atoms with E-state index >= 15 is 0 Å². The van der Waals surface area contributed by atoms with E-state index in [4.69, 9.17) is 16.3 Å².